The zero-order valence-electron chi connectivity index (χ0n) is 11.4. The lowest BCUT2D eigenvalue weighted by molar-refractivity contribution is 1.15. The van der Waals surface area contributed by atoms with Crippen molar-refractivity contribution in [1.29, 1.82) is 0 Å². The fourth-order valence-electron chi connectivity index (χ4n) is 1.91. The Labute approximate surface area is 131 Å². The highest BCUT2D eigenvalue weighted by Crippen LogP contribution is 2.15. The van der Waals surface area contributed by atoms with Crippen LogP contribution in [-0.2, 0) is 0 Å². The highest BCUT2D eigenvalue weighted by Gasteiger charge is 2.03. The zero-order chi connectivity index (χ0) is 14.7. The van der Waals surface area contributed by atoms with E-state index in [1.807, 2.05) is 55.5 Å². The topological polar surface area (TPSA) is 50.2 Å². The van der Waals surface area contributed by atoms with Crippen LogP contribution in [-0.4, -0.2) is 16.2 Å². The van der Waals surface area contributed by atoms with Crippen molar-refractivity contribution in [2.45, 2.75) is 6.92 Å². The van der Waals surface area contributed by atoms with Crippen molar-refractivity contribution in [2.24, 2.45) is 5.10 Å². The molecule has 0 amide bonds. The van der Waals surface area contributed by atoms with E-state index in [0.717, 1.165) is 26.8 Å². The van der Waals surface area contributed by atoms with Crippen LogP contribution in [0.25, 0.3) is 11.0 Å². The summed E-state index contributed by atoms with van der Waals surface area (Å²) >= 11 is 3.40. The van der Waals surface area contributed by atoms with Gasteiger partial charge in [-0.15, -0.1) is 0 Å². The van der Waals surface area contributed by atoms with Gasteiger partial charge in [0.1, 0.15) is 0 Å². The second-order valence-electron chi connectivity index (χ2n) is 4.57. The van der Waals surface area contributed by atoms with Gasteiger partial charge in [0.2, 0.25) is 0 Å². The van der Waals surface area contributed by atoms with Crippen LogP contribution >= 0.6 is 15.9 Å². The molecule has 4 nitrogen and oxygen atoms in total. The highest BCUT2D eigenvalue weighted by molar-refractivity contribution is 9.10. The molecule has 0 radical (unpaired) electrons. The van der Waals surface area contributed by atoms with Crippen LogP contribution in [0.15, 0.2) is 58.1 Å². The molecule has 0 saturated carbocycles. The third kappa shape index (κ3) is 3.25. The minimum Gasteiger partial charge on any atom is -0.260 e. The van der Waals surface area contributed by atoms with Gasteiger partial charge in [-0.05, 0) is 36.8 Å². The number of anilines is 1. The molecular weight excluding hydrogens is 328 g/mol. The monoisotopic (exact) mass is 340 g/mol. The third-order valence-corrected chi connectivity index (χ3v) is 3.53. The molecule has 0 aliphatic rings. The molecule has 0 spiro atoms. The summed E-state index contributed by atoms with van der Waals surface area (Å²) in [5.41, 5.74) is 6.52. The van der Waals surface area contributed by atoms with E-state index in [1.54, 1.807) is 6.21 Å². The number of nitrogens with one attached hydrogen (secondary N) is 1. The molecule has 104 valence electrons. The van der Waals surface area contributed by atoms with E-state index in [0.29, 0.717) is 5.82 Å². The molecule has 1 N–H and O–H groups in total. The Morgan fingerprint density at radius 1 is 1.00 bits per heavy atom. The molecule has 0 atom stereocenters. The number of aromatic nitrogens is 2. The van der Waals surface area contributed by atoms with Crippen molar-refractivity contribution in [3.63, 3.8) is 0 Å². The van der Waals surface area contributed by atoms with Gasteiger partial charge in [-0.1, -0.05) is 40.2 Å². The van der Waals surface area contributed by atoms with E-state index in [1.165, 1.54) is 0 Å². The van der Waals surface area contributed by atoms with E-state index < -0.39 is 0 Å². The molecule has 21 heavy (non-hydrogen) atoms. The predicted octanol–water partition coefficient (Wildman–Crippen LogP) is 4.15. The quantitative estimate of drug-likeness (QED) is 0.575. The van der Waals surface area contributed by atoms with Gasteiger partial charge in [-0.25, -0.2) is 9.97 Å². The molecule has 0 unspecified atom stereocenters. The fourth-order valence-corrected chi connectivity index (χ4v) is 2.18. The largest absolute Gasteiger partial charge is 0.260 e. The van der Waals surface area contributed by atoms with E-state index in [2.05, 4.69) is 36.4 Å². The lowest BCUT2D eigenvalue weighted by atomic mass is 10.2. The van der Waals surface area contributed by atoms with Gasteiger partial charge < -0.3 is 0 Å². The van der Waals surface area contributed by atoms with E-state index in [4.69, 9.17) is 0 Å². The number of para-hydroxylation sites is 2. The average Bonchev–Trinajstić information content (AvgIpc) is 2.50. The van der Waals surface area contributed by atoms with Crippen LogP contribution in [0.1, 0.15) is 11.3 Å². The normalized spacial score (nSPS) is 11.1. The number of halogens is 1. The first-order valence-electron chi connectivity index (χ1n) is 6.50. The number of benzene rings is 2. The molecule has 0 aliphatic carbocycles. The first-order valence-corrected chi connectivity index (χ1v) is 7.30. The molecule has 0 saturated heterocycles. The molecule has 2 aromatic carbocycles. The molecule has 3 rings (SSSR count). The van der Waals surface area contributed by atoms with Crippen LogP contribution in [0.4, 0.5) is 5.82 Å². The highest BCUT2D eigenvalue weighted by atomic mass is 79.9. The van der Waals surface area contributed by atoms with Crippen LogP contribution < -0.4 is 5.43 Å². The Hall–Kier alpha value is -2.27. The molecule has 3 aromatic rings. The summed E-state index contributed by atoms with van der Waals surface area (Å²) < 4.78 is 1.05. The average molecular weight is 341 g/mol. The molecule has 1 aromatic heterocycles. The third-order valence-electron chi connectivity index (χ3n) is 3.00. The summed E-state index contributed by atoms with van der Waals surface area (Å²) in [6, 6.07) is 15.7. The number of hydrogen-bond donors (Lipinski definition) is 1. The maximum absolute atomic E-state index is 4.53. The maximum Gasteiger partial charge on any atom is 0.168 e. The van der Waals surface area contributed by atoms with E-state index in [9.17, 15) is 0 Å². The van der Waals surface area contributed by atoms with Gasteiger partial charge in [0.25, 0.3) is 0 Å². The Bertz CT molecular complexity index is 797. The molecule has 0 aliphatic heterocycles. The van der Waals surface area contributed by atoms with Gasteiger partial charge >= 0.3 is 0 Å². The van der Waals surface area contributed by atoms with E-state index >= 15 is 0 Å². The van der Waals surface area contributed by atoms with Gasteiger partial charge in [-0.3, -0.25) is 5.43 Å². The number of hydrogen-bond acceptors (Lipinski definition) is 4. The first-order chi connectivity index (χ1) is 10.2. The summed E-state index contributed by atoms with van der Waals surface area (Å²) in [5, 5.41) is 4.22. The van der Waals surface area contributed by atoms with E-state index in [-0.39, 0.29) is 0 Å². The van der Waals surface area contributed by atoms with Crippen molar-refractivity contribution >= 4 is 39.0 Å². The summed E-state index contributed by atoms with van der Waals surface area (Å²) in [5.74, 6) is 0.669. The number of nitrogens with zero attached hydrogens (tertiary/aromatic N) is 3. The standard InChI is InChI=1S/C16H13BrN4/c1-11-16(20-15-5-3-2-4-14(15)19-11)21-18-10-12-6-8-13(17)9-7-12/h2-10H,1H3,(H,20,21). The number of hydrazone groups is 1. The van der Waals surface area contributed by atoms with Crippen LogP contribution in [0.3, 0.4) is 0 Å². The number of fused-ring (bicyclic) bond motifs is 1. The molecule has 5 heteroatoms. The van der Waals surface area contributed by atoms with Crippen LogP contribution in [0.2, 0.25) is 0 Å². The number of aryl methyl sites for hydroxylation is 1. The van der Waals surface area contributed by atoms with Crippen molar-refractivity contribution in [3.8, 4) is 0 Å². The van der Waals surface area contributed by atoms with Gasteiger partial charge in [0, 0.05) is 4.47 Å². The smallest absolute Gasteiger partial charge is 0.168 e. The number of rotatable bonds is 3. The predicted molar refractivity (Wildman–Crippen MR) is 89.6 cm³/mol. The van der Waals surface area contributed by atoms with Gasteiger partial charge in [0.15, 0.2) is 5.82 Å². The minimum atomic E-state index is 0.669. The first kappa shape index (κ1) is 13.7. The molecular formula is C16H13BrN4. The Morgan fingerprint density at radius 3 is 2.38 bits per heavy atom. The Kier molecular flexibility index (Phi) is 3.92. The molecule has 0 fully saturated rings. The van der Waals surface area contributed by atoms with Gasteiger partial charge in [0.05, 0.1) is 22.9 Å². The Morgan fingerprint density at radius 2 is 1.67 bits per heavy atom. The van der Waals surface area contributed by atoms with Crippen molar-refractivity contribution in [1.82, 2.24) is 9.97 Å². The lowest BCUT2D eigenvalue weighted by Gasteiger charge is -2.05. The summed E-state index contributed by atoms with van der Waals surface area (Å²) in [7, 11) is 0. The SMILES string of the molecule is Cc1nc2ccccc2nc1NN=Cc1ccc(Br)cc1. The summed E-state index contributed by atoms with van der Waals surface area (Å²) in [6.07, 6.45) is 1.75. The fraction of sp³-hybridized carbons (Fsp3) is 0.0625. The second kappa shape index (κ2) is 6.01. The van der Waals surface area contributed by atoms with Crippen molar-refractivity contribution < 1.29 is 0 Å². The Balaban J connectivity index is 1.81. The zero-order valence-corrected chi connectivity index (χ0v) is 13.0. The van der Waals surface area contributed by atoms with Crippen molar-refractivity contribution in [3.05, 3.63) is 64.3 Å². The molecule has 1 heterocycles. The maximum atomic E-state index is 4.53. The molecule has 0 bridgehead atoms. The second-order valence-corrected chi connectivity index (χ2v) is 5.48. The van der Waals surface area contributed by atoms with Crippen molar-refractivity contribution in [2.75, 3.05) is 5.43 Å². The summed E-state index contributed by atoms with van der Waals surface area (Å²) in [4.78, 5) is 9.03. The minimum absolute atomic E-state index is 0.669. The van der Waals surface area contributed by atoms with Crippen LogP contribution in [0, 0.1) is 6.92 Å². The van der Waals surface area contributed by atoms with Crippen LogP contribution in [0.5, 0.6) is 0 Å². The lowest BCUT2D eigenvalue weighted by Crippen LogP contribution is -1.99. The van der Waals surface area contributed by atoms with Gasteiger partial charge in [-0.2, -0.15) is 5.10 Å². The summed E-state index contributed by atoms with van der Waals surface area (Å²) in [6.45, 7) is 1.91.